The molecule has 0 saturated carbocycles. The summed E-state index contributed by atoms with van der Waals surface area (Å²) in [5.74, 6) is -0.540. The zero-order valence-electron chi connectivity index (χ0n) is 9.63. The van der Waals surface area contributed by atoms with Gasteiger partial charge in [-0.25, -0.2) is 9.07 Å². The van der Waals surface area contributed by atoms with Gasteiger partial charge in [0.05, 0.1) is 10.6 Å². The van der Waals surface area contributed by atoms with Crippen LogP contribution in [0.2, 0.25) is 0 Å². The van der Waals surface area contributed by atoms with Gasteiger partial charge in [-0.2, -0.15) is 5.10 Å². The lowest BCUT2D eigenvalue weighted by Gasteiger charge is -2.03. The Bertz CT molecular complexity index is 582. The summed E-state index contributed by atoms with van der Waals surface area (Å²) in [5, 5.41) is 17.9. The smallest absolute Gasteiger partial charge is 0.295 e. The zero-order valence-corrected chi connectivity index (χ0v) is 9.63. The minimum Gasteiger partial charge on any atom is -0.314 e. The molecule has 1 heterocycles. The lowest BCUT2D eigenvalue weighted by atomic mass is 10.2. The predicted molar refractivity (Wildman–Crippen MR) is 62.9 cm³/mol. The van der Waals surface area contributed by atoms with Crippen molar-refractivity contribution in [1.29, 1.82) is 0 Å². The molecule has 0 aliphatic carbocycles. The molecule has 2 aromatic rings. The molecule has 1 N–H and O–H groups in total. The number of aromatic nitrogens is 2. The van der Waals surface area contributed by atoms with Crippen LogP contribution in [0.5, 0.6) is 0 Å². The molecule has 0 radical (unpaired) electrons. The summed E-state index contributed by atoms with van der Waals surface area (Å²) in [6.45, 7) is 0.538. The summed E-state index contributed by atoms with van der Waals surface area (Å²) in [4.78, 5) is 10.3. The van der Waals surface area contributed by atoms with Gasteiger partial charge < -0.3 is 5.32 Å². The number of hydrogen-bond donors (Lipinski definition) is 1. The second kappa shape index (κ2) is 4.92. The van der Waals surface area contributed by atoms with Gasteiger partial charge in [0.25, 0.3) is 5.69 Å². The third-order valence-corrected chi connectivity index (χ3v) is 2.38. The van der Waals surface area contributed by atoms with Gasteiger partial charge >= 0.3 is 0 Å². The van der Waals surface area contributed by atoms with E-state index in [0.29, 0.717) is 6.54 Å². The van der Waals surface area contributed by atoms with Crippen LogP contribution in [0.4, 0.5) is 10.1 Å². The molecule has 0 fully saturated rings. The summed E-state index contributed by atoms with van der Waals surface area (Å²) < 4.78 is 14.5. The number of nitro groups is 1. The minimum atomic E-state index is -0.561. The van der Waals surface area contributed by atoms with Gasteiger partial charge in [-0.15, -0.1) is 0 Å². The topological polar surface area (TPSA) is 73.0 Å². The van der Waals surface area contributed by atoms with E-state index >= 15 is 0 Å². The number of halogens is 1. The molecule has 0 amide bonds. The van der Waals surface area contributed by atoms with Crippen LogP contribution in [-0.2, 0) is 6.54 Å². The van der Waals surface area contributed by atoms with Crippen molar-refractivity contribution >= 4 is 5.69 Å². The van der Waals surface area contributed by atoms with E-state index in [1.807, 2.05) is 0 Å². The Balaban J connectivity index is 2.47. The lowest BCUT2D eigenvalue weighted by Crippen LogP contribution is -2.07. The maximum absolute atomic E-state index is 13.2. The van der Waals surface area contributed by atoms with E-state index in [1.54, 1.807) is 19.3 Å². The summed E-state index contributed by atoms with van der Waals surface area (Å²) in [6, 6.07) is 4.99. The number of rotatable bonds is 4. The zero-order chi connectivity index (χ0) is 13.1. The fourth-order valence-electron chi connectivity index (χ4n) is 1.61. The Morgan fingerprint density at radius 1 is 1.50 bits per heavy atom. The third-order valence-electron chi connectivity index (χ3n) is 2.38. The average Bonchev–Trinajstić information content (AvgIpc) is 2.77. The molecule has 0 bridgehead atoms. The molecule has 1 aromatic heterocycles. The van der Waals surface area contributed by atoms with E-state index < -0.39 is 10.7 Å². The summed E-state index contributed by atoms with van der Waals surface area (Å²) in [5.41, 5.74) is 0.647. The fourth-order valence-corrected chi connectivity index (χ4v) is 1.61. The van der Waals surface area contributed by atoms with Crippen molar-refractivity contribution in [2.45, 2.75) is 6.54 Å². The van der Waals surface area contributed by atoms with Crippen LogP contribution >= 0.6 is 0 Å². The van der Waals surface area contributed by atoms with Gasteiger partial charge in [-0.1, -0.05) is 0 Å². The van der Waals surface area contributed by atoms with Crippen LogP contribution in [0, 0.1) is 15.9 Å². The SMILES string of the molecule is CNCc1ccn(-c2cc(F)ccc2[N+](=O)[O-])n1. The highest BCUT2D eigenvalue weighted by Crippen LogP contribution is 2.23. The molecule has 0 atom stereocenters. The highest BCUT2D eigenvalue weighted by atomic mass is 19.1. The average molecular weight is 250 g/mol. The molecule has 0 aliphatic rings. The van der Waals surface area contributed by atoms with Crippen molar-refractivity contribution < 1.29 is 9.31 Å². The van der Waals surface area contributed by atoms with E-state index in [4.69, 9.17) is 0 Å². The normalized spacial score (nSPS) is 10.6. The number of hydrogen-bond acceptors (Lipinski definition) is 4. The molecule has 0 saturated heterocycles. The van der Waals surface area contributed by atoms with Crippen molar-refractivity contribution in [1.82, 2.24) is 15.1 Å². The summed E-state index contributed by atoms with van der Waals surface area (Å²) in [6.07, 6.45) is 1.56. The first-order valence-electron chi connectivity index (χ1n) is 5.25. The maximum atomic E-state index is 13.2. The molecule has 7 heteroatoms. The number of nitrogens with one attached hydrogen (secondary N) is 1. The second-order valence-corrected chi connectivity index (χ2v) is 3.67. The Kier molecular flexibility index (Phi) is 3.33. The first kappa shape index (κ1) is 12.2. The molecule has 0 spiro atoms. The van der Waals surface area contributed by atoms with E-state index in [1.165, 1.54) is 4.68 Å². The largest absolute Gasteiger partial charge is 0.314 e. The molecule has 18 heavy (non-hydrogen) atoms. The molecular formula is C11H11FN4O2. The third kappa shape index (κ3) is 2.35. The first-order chi connectivity index (χ1) is 8.61. The lowest BCUT2D eigenvalue weighted by molar-refractivity contribution is -0.384. The molecule has 1 aromatic carbocycles. The van der Waals surface area contributed by atoms with Crippen LogP contribution in [0.1, 0.15) is 5.69 Å². The monoisotopic (exact) mass is 250 g/mol. The standard InChI is InChI=1S/C11H11FN4O2/c1-13-7-9-4-5-15(14-9)11-6-8(12)2-3-10(11)16(17)18/h2-6,13H,7H2,1H3. The van der Waals surface area contributed by atoms with Gasteiger partial charge in [0.2, 0.25) is 0 Å². The molecular weight excluding hydrogens is 239 g/mol. The Morgan fingerprint density at radius 3 is 2.94 bits per heavy atom. The minimum absolute atomic E-state index is 0.113. The van der Waals surface area contributed by atoms with Crippen molar-refractivity contribution in [3.05, 3.63) is 52.1 Å². The molecule has 6 nitrogen and oxygen atoms in total. The van der Waals surface area contributed by atoms with E-state index in [0.717, 1.165) is 23.9 Å². The van der Waals surface area contributed by atoms with Crippen LogP contribution in [0.15, 0.2) is 30.5 Å². The molecule has 0 aliphatic heterocycles. The predicted octanol–water partition coefficient (Wildman–Crippen LogP) is 1.64. The van der Waals surface area contributed by atoms with Gasteiger partial charge in [0.1, 0.15) is 11.5 Å². The van der Waals surface area contributed by atoms with Gasteiger partial charge in [-0.05, 0) is 19.2 Å². The van der Waals surface area contributed by atoms with Gasteiger partial charge in [-0.3, -0.25) is 10.1 Å². The van der Waals surface area contributed by atoms with Crippen LogP contribution in [-0.4, -0.2) is 21.8 Å². The summed E-state index contributed by atoms with van der Waals surface area (Å²) in [7, 11) is 1.77. The van der Waals surface area contributed by atoms with Crippen molar-refractivity contribution in [2.24, 2.45) is 0 Å². The van der Waals surface area contributed by atoms with Gasteiger partial charge in [0.15, 0.2) is 0 Å². The highest BCUT2D eigenvalue weighted by Gasteiger charge is 2.16. The van der Waals surface area contributed by atoms with E-state index in [-0.39, 0.29) is 11.4 Å². The van der Waals surface area contributed by atoms with E-state index in [9.17, 15) is 14.5 Å². The fraction of sp³-hybridized carbons (Fsp3) is 0.182. The molecule has 2 rings (SSSR count). The van der Waals surface area contributed by atoms with Crippen molar-refractivity contribution in [3.8, 4) is 5.69 Å². The number of nitrogens with zero attached hydrogens (tertiary/aromatic N) is 3. The number of nitro benzene ring substituents is 1. The Labute approximate surface area is 102 Å². The highest BCUT2D eigenvalue weighted by molar-refractivity contribution is 5.51. The van der Waals surface area contributed by atoms with Crippen LogP contribution in [0.25, 0.3) is 5.69 Å². The first-order valence-corrected chi connectivity index (χ1v) is 5.25. The molecule has 94 valence electrons. The quantitative estimate of drug-likeness (QED) is 0.661. The van der Waals surface area contributed by atoms with Crippen molar-refractivity contribution in [2.75, 3.05) is 7.05 Å². The second-order valence-electron chi connectivity index (χ2n) is 3.67. The Morgan fingerprint density at radius 2 is 2.28 bits per heavy atom. The van der Waals surface area contributed by atoms with E-state index in [2.05, 4.69) is 10.4 Å². The molecule has 0 unspecified atom stereocenters. The maximum Gasteiger partial charge on any atom is 0.295 e. The van der Waals surface area contributed by atoms with Gasteiger partial charge in [0, 0.05) is 24.9 Å². The van der Waals surface area contributed by atoms with Crippen molar-refractivity contribution in [3.63, 3.8) is 0 Å². The van der Waals surface area contributed by atoms with Crippen LogP contribution < -0.4 is 5.32 Å². The summed E-state index contributed by atoms with van der Waals surface area (Å²) >= 11 is 0. The Hall–Kier alpha value is -2.28. The van der Waals surface area contributed by atoms with Crippen LogP contribution in [0.3, 0.4) is 0 Å². The number of benzene rings is 1.